The van der Waals surface area contributed by atoms with Crippen molar-refractivity contribution in [3.63, 3.8) is 0 Å². The standard InChI is InChI=1S/C22H24N4O2.C21H24N4.C8H11N.C7H8N2O2.C6H8N2.C3Cl3N3.C2H3ClO/c1-5-16-9-17(11-18(10-16)21(27)28)12-19-23-15(4)24-22(25-19)26-20-13(2)7-6-8-14(20)3;1-5-17-10-7-11-18(12-17)13-19-22-16(4)23-21(24-19)25-20-14(2)8-6-9-15(20)3;1-6-4-3-5-7(2)8(6)9;8-5-1-4(7(10)11)2-6(9)3-5;7-5-2-1-3-6(8)4-5;4-1-7-2(5)9-3(6)8-1;1-2(3)4/h6-11H,5,12H2,1-4H3,(H,27,28)(H,23,24,25,26);6-12H,5,13H2,1-4H3,(H,22,23,24,25);3-5H,9H2,1-2H3;1-3H,8-9H2,(H,10,11);1-4H,7-8H2;;1H3. The molecular weight excluding hydrogens is 1270 g/mol. The molecule has 0 aliphatic rings. The molecule has 0 bridgehead atoms. The molecule has 10 rings (SSSR count). The number of hydrogen-bond donors (Lipinski definition) is 9. The zero-order valence-electron chi connectivity index (χ0n) is 54.2. The lowest BCUT2D eigenvalue weighted by molar-refractivity contribution is -0.109. The first kappa shape index (κ1) is 76.4. The number of aromatic nitrogens is 9. The number of halogens is 4. The first-order valence-corrected chi connectivity index (χ1v) is 30.7. The minimum atomic E-state index is -1.02. The Kier molecular flexibility index (Phi) is 30.9. The SMILES string of the molecule is CC(=O)Cl.CCc1cc(Cc2nc(C)nc(Nc3c(C)cccc3C)n2)cc(C(=O)O)c1.CCc1cccc(Cc2nc(C)nc(Nc3c(C)cccc3C)n2)c1.Cc1cccc(C)c1N.Clc1nc(Cl)nc(Cl)n1.Nc1cc(N)cc(C(=O)O)c1.Nc1cccc(N)c1. The van der Waals surface area contributed by atoms with Crippen LogP contribution >= 0.6 is 46.4 Å². The van der Waals surface area contributed by atoms with Gasteiger partial charge in [-0.3, -0.25) is 4.79 Å². The zero-order chi connectivity index (χ0) is 69.8. The van der Waals surface area contributed by atoms with E-state index in [1.807, 2.05) is 97.0 Å². The number of nitrogens with one attached hydrogen (secondary N) is 2. The molecule has 21 nitrogen and oxygen atoms in total. The Morgan fingerprint density at radius 1 is 0.404 bits per heavy atom. The maximum absolute atomic E-state index is 11.4. The van der Waals surface area contributed by atoms with Crippen LogP contribution in [0.4, 0.5) is 51.7 Å². The molecule has 0 atom stereocenters. The maximum atomic E-state index is 11.4. The number of para-hydroxylation sites is 3. The minimum absolute atomic E-state index is 0.000000000000000444. The molecular formula is C69H78Cl4N16O5. The second-order valence-electron chi connectivity index (χ2n) is 21.0. The highest BCUT2D eigenvalue weighted by molar-refractivity contribution is 6.62. The lowest BCUT2D eigenvalue weighted by Crippen LogP contribution is -2.08. The Balaban J connectivity index is 0.000000255. The van der Waals surface area contributed by atoms with Gasteiger partial charge in [0.25, 0.3) is 0 Å². The number of anilines is 9. The van der Waals surface area contributed by atoms with E-state index < -0.39 is 11.9 Å². The lowest BCUT2D eigenvalue weighted by atomic mass is 10.0. The third-order valence-electron chi connectivity index (χ3n) is 13.1. The fourth-order valence-corrected chi connectivity index (χ4v) is 9.21. The number of carboxylic acid groups (broad SMARTS) is 2. The van der Waals surface area contributed by atoms with Gasteiger partial charge in [0.15, 0.2) is 0 Å². The molecule has 492 valence electrons. The van der Waals surface area contributed by atoms with E-state index in [-0.39, 0.29) is 32.2 Å². The molecule has 94 heavy (non-hydrogen) atoms. The van der Waals surface area contributed by atoms with E-state index in [1.54, 1.807) is 30.3 Å². The summed E-state index contributed by atoms with van der Waals surface area (Å²) in [7, 11) is 0. The predicted molar refractivity (Wildman–Crippen MR) is 381 cm³/mol. The summed E-state index contributed by atoms with van der Waals surface area (Å²) < 4.78 is 0. The van der Waals surface area contributed by atoms with Crippen molar-refractivity contribution in [3.05, 3.63) is 245 Å². The summed E-state index contributed by atoms with van der Waals surface area (Å²) in [6.07, 6.45) is 2.95. The number of aryl methyl sites for hydroxylation is 10. The molecule has 10 aromatic rings. The summed E-state index contributed by atoms with van der Waals surface area (Å²) in [5.74, 6) is 1.87. The molecule has 25 heteroatoms. The van der Waals surface area contributed by atoms with Crippen molar-refractivity contribution in [2.45, 2.75) is 102 Å². The highest BCUT2D eigenvalue weighted by Crippen LogP contribution is 2.25. The van der Waals surface area contributed by atoms with E-state index in [1.165, 1.54) is 47.4 Å². The zero-order valence-corrected chi connectivity index (χ0v) is 57.2. The molecule has 0 fully saturated rings. The maximum Gasteiger partial charge on any atom is 0.335 e. The average Bonchev–Trinajstić information content (AvgIpc) is 0.870. The van der Waals surface area contributed by atoms with Crippen LogP contribution in [0.5, 0.6) is 0 Å². The summed E-state index contributed by atoms with van der Waals surface area (Å²) in [4.78, 5) is 68.4. The Labute approximate surface area is 568 Å². The number of carboxylic acids is 2. The van der Waals surface area contributed by atoms with Crippen LogP contribution in [0.3, 0.4) is 0 Å². The number of nitrogen functional groups attached to an aromatic ring is 5. The van der Waals surface area contributed by atoms with Gasteiger partial charge in [-0.05, 0) is 219 Å². The number of carbonyl (C=O) groups excluding carboxylic acids is 1. The van der Waals surface area contributed by atoms with E-state index in [2.05, 4.69) is 130 Å². The predicted octanol–water partition coefficient (Wildman–Crippen LogP) is 15.0. The molecule has 0 aliphatic heterocycles. The van der Waals surface area contributed by atoms with Gasteiger partial charge in [-0.2, -0.15) is 34.9 Å². The van der Waals surface area contributed by atoms with Crippen LogP contribution in [0.1, 0.15) is 120 Å². The lowest BCUT2D eigenvalue weighted by Gasteiger charge is -2.12. The molecule has 7 aromatic carbocycles. The highest BCUT2D eigenvalue weighted by atomic mass is 35.5. The molecule has 0 spiro atoms. The van der Waals surface area contributed by atoms with Gasteiger partial charge in [0.05, 0.1) is 11.1 Å². The molecule has 0 saturated carbocycles. The molecule has 0 saturated heterocycles. The van der Waals surface area contributed by atoms with Crippen LogP contribution in [0.25, 0.3) is 0 Å². The summed E-state index contributed by atoms with van der Waals surface area (Å²) >= 11 is 20.6. The van der Waals surface area contributed by atoms with Crippen LogP contribution in [-0.4, -0.2) is 72.2 Å². The molecule has 0 amide bonds. The van der Waals surface area contributed by atoms with Crippen molar-refractivity contribution in [1.82, 2.24) is 44.9 Å². The first-order valence-electron chi connectivity index (χ1n) is 29.2. The fourth-order valence-electron chi connectivity index (χ4n) is 8.60. The summed E-state index contributed by atoms with van der Waals surface area (Å²) in [5.41, 5.74) is 44.0. The smallest absolute Gasteiger partial charge is 0.335 e. The molecule has 3 aromatic heterocycles. The van der Waals surface area contributed by atoms with Crippen molar-refractivity contribution in [1.29, 1.82) is 0 Å². The van der Waals surface area contributed by atoms with E-state index in [4.69, 9.17) is 68.6 Å². The van der Waals surface area contributed by atoms with Gasteiger partial charge < -0.3 is 49.5 Å². The Bertz CT molecular complexity index is 4050. The molecule has 0 radical (unpaired) electrons. The molecule has 0 unspecified atom stereocenters. The molecule has 14 N–H and O–H groups in total. The molecule has 0 aliphatic carbocycles. The highest BCUT2D eigenvalue weighted by Gasteiger charge is 2.13. The Morgan fingerprint density at radius 3 is 1.11 bits per heavy atom. The second kappa shape index (κ2) is 38.1. The van der Waals surface area contributed by atoms with Crippen molar-refractivity contribution < 1.29 is 24.6 Å². The van der Waals surface area contributed by atoms with Crippen molar-refractivity contribution in [3.8, 4) is 0 Å². The van der Waals surface area contributed by atoms with E-state index in [0.29, 0.717) is 59.1 Å². The Hall–Kier alpha value is -10.1. The number of carbonyl (C=O) groups is 3. The summed E-state index contributed by atoms with van der Waals surface area (Å²) in [5, 5.41) is 24.2. The first-order chi connectivity index (χ1) is 44.4. The van der Waals surface area contributed by atoms with Gasteiger partial charge in [-0.25, -0.2) is 19.6 Å². The van der Waals surface area contributed by atoms with Crippen molar-refractivity contribution in [2.24, 2.45) is 0 Å². The quantitative estimate of drug-likeness (QED) is 0.0405. The van der Waals surface area contributed by atoms with E-state index >= 15 is 0 Å². The van der Waals surface area contributed by atoms with Gasteiger partial charge in [-0.15, -0.1) is 0 Å². The van der Waals surface area contributed by atoms with Crippen LogP contribution in [0, 0.1) is 55.4 Å². The fraction of sp³-hybridized carbons (Fsp3) is 0.217. The number of hydrogen-bond acceptors (Lipinski definition) is 19. The summed E-state index contributed by atoms with van der Waals surface area (Å²) in [6.45, 7) is 21.5. The number of benzene rings is 7. The average molecular weight is 1350 g/mol. The summed E-state index contributed by atoms with van der Waals surface area (Å²) in [6, 6.07) is 43.7. The number of nitrogens with zero attached hydrogens (tertiary/aromatic N) is 9. The van der Waals surface area contributed by atoms with Crippen molar-refractivity contribution in [2.75, 3.05) is 39.3 Å². The minimum Gasteiger partial charge on any atom is -0.478 e. The van der Waals surface area contributed by atoms with Gasteiger partial charge in [-0.1, -0.05) is 105 Å². The topological polar surface area (TPSA) is 362 Å². The largest absolute Gasteiger partial charge is 0.478 e. The van der Waals surface area contributed by atoms with Crippen LogP contribution in [0.15, 0.2) is 140 Å². The van der Waals surface area contributed by atoms with E-state index in [9.17, 15) is 19.5 Å². The van der Waals surface area contributed by atoms with Crippen molar-refractivity contribution >= 4 is 115 Å². The van der Waals surface area contributed by atoms with Crippen LogP contribution in [0.2, 0.25) is 15.9 Å². The third-order valence-corrected chi connectivity index (χ3v) is 13.6. The third kappa shape index (κ3) is 27.4. The van der Waals surface area contributed by atoms with Crippen LogP contribution < -0.4 is 39.3 Å². The number of nitrogens with two attached hydrogens (primary N) is 5. The molecule has 3 heterocycles. The monoisotopic (exact) mass is 1350 g/mol. The Morgan fingerprint density at radius 2 is 0.734 bits per heavy atom. The van der Waals surface area contributed by atoms with Gasteiger partial charge in [0, 0.05) is 59.6 Å². The second-order valence-corrected chi connectivity index (χ2v) is 22.6. The van der Waals surface area contributed by atoms with Gasteiger partial charge in [0.2, 0.25) is 33.0 Å². The van der Waals surface area contributed by atoms with Gasteiger partial charge >= 0.3 is 11.9 Å². The van der Waals surface area contributed by atoms with Crippen LogP contribution in [-0.2, 0) is 30.5 Å². The number of aromatic carboxylic acids is 2. The van der Waals surface area contributed by atoms with E-state index in [0.717, 1.165) is 74.9 Å². The van der Waals surface area contributed by atoms with Gasteiger partial charge in [0.1, 0.15) is 23.3 Å². The normalized spacial score (nSPS) is 10.0. The number of rotatable bonds is 12.